The van der Waals surface area contributed by atoms with E-state index in [1.165, 1.54) is 6.07 Å². The largest absolute Gasteiger partial charge is 0.451 e. The lowest BCUT2D eigenvalue weighted by molar-refractivity contribution is -0.117. The van der Waals surface area contributed by atoms with E-state index in [1.54, 1.807) is 35.2 Å². The molecular weight excluding hydrogens is 409 g/mol. The van der Waals surface area contributed by atoms with E-state index in [9.17, 15) is 14.0 Å². The van der Waals surface area contributed by atoms with Crippen LogP contribution in [0.2, 0.25) is 0 Å². The molecule has 0 aliphatic carbocycles. The molecule has 2 heterocycles. The van der Waals surface area contributed by atoms with Crippen molar-refractivity contribution in [2.75, 3.05) is 38.0 Å². The summed E-state index contributed by atoms with van der Waals surface area (Å²) in [6.07, 6.45) is 0. The molecule has 6 nitrogen and oxygen atoms in total. The lowest BCUT2D eigenvalue weighted by Crippen LogP contribution is -2.50. The Balaban J connectivity index is 1.31. The minimum absolute atomic E-state index is 0.0703. The number of hydrogen-bond donors (Lipinski definition) is 1. The average molecular weight is 435 g/mol. The van der Waals surface area contributed by atoms with Crippen molar-refractivity contribution in [3.63, 3.8) is 0 Å². The topological polar surface area (TPSA) is 65.8 Å². The van der Waals surface area contributed by atoms with Gasteiger partial charge in [-0.3, -0.25) is 14.5 Å². The molecule has 0 unspecified atom stereocenters. The fourth-order valence-corrected chi connectivity index (χ4v) is 3.80. The summed E-state index contributed by atoms with van der Waals surface area (Å²) in [5.74, 6) is -0.183. The van der Waals surface area contributed by atoms with Gasteiger partial charge in [-0.1, -0.05) is 24.3 Å². The fraction of sp³-hybridized carbons (Fsp3) is 0.280. The van der Waals surface area contributed by atoms with Crippen LogP contribution in [0.5, 0.6) is 0 Å². The van der Waals surface area contributed by atoms with Crippen molar-refractivity contribution in [2.45, 2.75) is 13.8 Å². The summed E-state index contributed by atoms with van der Waals surface area (Å²) in [5, 5.41) is 2.97. The fourth-order valence-electron chi connectivity index (χ4n) is 3.80. The second-order valence-electron chi connectivity index (χ2n) is 8.01. The molecule has 0 spiro atoms. The van der Waals surface area contributed by atoms with Gasteiger partial charge in [-0.05, 0) is 55.3 Å². The molecule has 1 aliphatic heterocycles. The molecule has 4 rings (SSSR count). The number of hydrogen-bond acceptors (Lipinski definition) is 4. The van der Waals surface area contributed by atoms with Crippen molar-refractivity contribution in [2.24, 2.45) is 0 Å². The Morgan fingerprint density at radius 2 is 1.72 bits per heavy atom. The highest BCUT2D eigenvalue weighted by atomic mass is 19.1. The normalized spacial score (nSPS) is 14.4. The first kappa shape index (κ1) is 21.8. The van der Waals surface area contributed by atoms with Crippen LogP contribution < -0.4 is 5.32 Å². The molecule has 32 heavy (non-hydrogen) atoms. The number of anilines is 1. The number of carbonyl (C=O) groups is 2. The lowest BCUT2D eigenvalue weighted by atomic mass is 10.1. The molecule has 2 amide bonds. The Morgan fingerprint density at radius 3 is 2.47 bits per heavy atom. The van der Waals surface area contributed by atoms with Crippen LogP contribution in [0.25, 0.3) is 11.3 Å². The molecule has 1 fully saturated rings. The summed E-state index contributed by atoms with van der Waals surface area (Å²) < 4.78 is 19.6. The molecule has 0 radical (unpaired) electrons. The van der Waals surface area contributed by atoms with Crippen LogP contribution in [0.4, 0.5) is 10.1 Å². The number of amides is 2. The average Bonchev–Trinajstić information content (AvgIpc) is 3.27. The molecule has 1 saturated heterocycles. The summed E-state index contributed by atoms with van der Waals surface area (Å²) in [7, 11) is 0. The first-order chi connectivity index (χ1) is 15.4. The molecule has 3 aromatic rings. The highest BCUT2D eigenvalue weighted by molar-refractivity contribution is 5.93. The van der Waals surface area contributed by atoms with Crippen LogP contribution in [0.1, 0.15) is 21.7 Å². The maximum absolute atomic E-state index is 14.0. The number of nitrogens with zero attached hydrogens (tertiary/aromatic N) is 2. The predicted octanol–water partition coefficient (Wildman–Crippen LogP) is 4.10. The van der Waals surface area contributed by atoms with Crippen LogP contribution in [0.3, 0.4) is 0 Å². The molecule has 0 bridgehead atoms. The third-order valence-electron chi connectivity index (χ3n) is 5.86. The molecule has 2 aromatic carbocycles. The zero-order valence-corrected chi connectivity index (χ0v) is 18.2. The SMILES string of the molecule is Cc1cccc(NC(=O)CN2CCN(C(=O)c3ccc(-c4ccccc4F)o3)CC2)c1C. The molecule has 0 saturated carbocycles. The van der Waals surface area contributed by atoms with E-state index in [1.807, 2.05) is 36.9 Å². The van der Waals surface area contributed by atoms with Crippen molar-refractivity contribution in [3.8, 4) is 11.3 Å². The third-order valence-corrected chi connectivity index (χ3v) is 5.86. The van der Waals surface area contributed by atoms with Gasteiger partial charge in [0.1, 0.15) is 11.6 Å². The van der Waals surface area contributed by atoms with Gasteiger partial charge >= 0.3 is 0 Å². The maximum Gasteiger partial charge on any atom is 0.289 e. The third kappa shape index (κ3) is 4.73. The van der Waals surface area contributed by atoms with Gasteiger partial charge in [-0.25, -0.2) is 4.39 Å². The number of benzene rings is 2. The van der Waals surface area contributed by atoms with Gasteiger partial charge in [-0.15, -0.1) is 0 Å². The van der Waals surface area contributed by atoms with E-state index >= 15 is 0 Å². The molecule has 7 heteroatoms. The van der Waals surface area contributed by atoms with E-state index in [2.05, 4.69) is 5.32 Å². The minimum atomic E-state index is -0.395. The molecule has 1 aliphatic rings. The van der Waals surface area contributed by atoms with E-state index < -0.39 is 5.82 Å². The minimum Gasteiger partial charge on any atom is -0.451 e. The van der Waals surface area contributed by atoms with E-state index in [4.69, 9.17) is 4.42 Å². The zero-order chi connectivity index (χ0) is 22.7. The van der Waals surface area contributed by atoms with Gasteiger partial charge in [0, 0.05) is 31.9 Å². The smallest absolute Gasteiger partial charge is 0.289 e. The van der Waals surface area contributed by atoms with Crippen LogP contribution >= 0.6 is 0 Å². The van der Waals surface area contributed by atoms with E-state index in [0.717, 1.165) is 16.8 Å². The van der Waals surface area contributed by atoms with Crippen LogP contribution in [-0.4, -0.2) is 54.3 Å². The van der Waals surface area contributed by atoms with Crippen molar-refractivity contribution in [3.05, 3.63) is 77.3 Å². The molecule has 1 aromatic heterocycles. The Kier molecular flexibility index (Phi) is 6.37. The highest BCUT2D eigenvalue weighted by Gasteiger charge is 2.25. The van der Waals surface area contributed by atoms with Gasteiger partial charge in [0.15, 0.2) is 5.76 Å². The summed E-state index contributed by atoms with van der Waals surface area (Å²) in [6.45, 7) is 6.44. The number of nitrogens with one attached hydrogen (secondary N) is 1. The lowest BCUT2D eigenvalue weighted by Gasteiger charge is -2.33. The monoisotopic (exact) mass is 435 g/mol. The molecule has 166 valence electrons. The summed E-state index contributed by atoms with van der Waals surface area (Å²) in [4.78, 5) is 29.0. The van der Waals surface area contributed by atoms with Gasteiger partial charge in [-0.2, -0.15) is 0 Å². The Bertz CT molecular complexity index is 1130. The van der Waals surface area contributed by atoms with E-state index in [-0.39, 0.29) is 24.1 Å². The number of piperazine rings is 1. The summed E-state index contributed by atoms with van der Waals surface area (Å²) in [6, 6.07) is 15.3. The van der Waals surface area contributed by atoms with Gasteiger partial charge < -0.3 is 14.6 Å². The molecular formula is C25H26FN3O3. The number of rotatable bonds is 5. The Hall–Kier alpha value is -3.45. The Labute approximate surface area is 186 Å². The summed E-state index contributed by atoms with van der Waals surface area (Å²) in [5.41, 5.74) is 3.34. The maximum atomic E-state index is 14.0. The first-order valence-electron chi connectivity index (χ1n) is 10.6. The first-order valence-corrected chi connectivity index (χ1v) is 10.6. The molecule has 0 atom stereocenters. The highest BCUT2D eigenvalue weighted by Crippen LogP contribution is 2.25. The van der Waals surface area contributed by atoms with Crippen molar-refractivity contribution in [1.29, 1.82) is 0 Å². The van der Waals surface area contributed by atoms with E-state index in [0.29, 0.717) is 37.5 Å². The quantitative estimate of drug-likeness (QED) is 0.655. The standard InChI is InChI=1S/C25H26FN3O3/c1-17-6-5-9-21(18(17)2)27-24(30)16-28-12-14-29(15-13-28)25(31)23-11-10-22(32-23)19-7-3-4-8-20(19)26/h3-11H,12-16H2,1-2H3,(H,27,30). The number of carbonyl (C=O) groups excluding carboxylic acids is 2. The van der Waals surface area contributed by atoms with Crippen LogP contribution in [0.15, 0.2) is 59.0 Å². The number of halogens is 1. The Morgan fingerprint density at radius 1 is 0.969 bits per heavy atom. The van der Waals surface area contributed by atoms with Gasteiger partial charge in [0.25, 0.3) is 5.91 Å². The van der Waals surface area contributed by atoms with Crippen molar-refractivity contribution < 1.29 is 18.4 Å². The number of furan rings is 1. The second kappa shape index (κ2) is 9.36. The predicted molar refractivity (Wildman–Crippen MR) is 121 cm³/mol. The molecule has 1 N–H and O–H groups in total. The second-order valence-corrected chi connectivity index (χ2v) is 8.01. The van der Waals surface area contributed by atoms with Crippen LogP contribution in [-0.2, 0) is 4.79 Å². The van der Waals surface area contributed by atoms with Crippen molar-refractivity contribution in [1.82, 2.24) is 9.80 Å². The van der Waals surface area contributed by atoms with Gasteiger partial charge in [0.05, 0.1) is 12.1 Å². The van der Waals surface area contributed by atoms with Gasteiger partial charge in [0.2, 0.25) is 5.91 Å². The summed E-state index contributed by atoms with van der Waals surface area (Å²) >= 11 is 0. The zero-order valence-electron chi connectivity index (χ0n) is 18.2. The number of aryl methyl sites for hydroxylation is 1. The van der Waals surface area contributed by atoms with Crippen LogP contribution in [0, 0.1) is 19.7 Å². The van der Waals surface area contributed by atoms with Crippen molar-refractivity contribution >= 4 is 17.5 Å².